The van der Waals surface area contributed by atoms with E-state index in [0.717, 1.165) is 12.8 Å². The maximum absolute atomic E-state index is 12.3. The van der Waals surface area contributed by atoms with Crippen molar-refractivity contribution in [2.75, 3.05) is 6.61 Å². The topological polar surface area (TPSA) is 125 Å². The zero-order chi connectivity index (χ0) is 21.7. The van der Waals surface area contributed by atoms with Gasteiger partial charge in [0.25, 0.3) is 5.89 Å². The number of hydrogen-bond acceptors (Lipinski definition) is 9. The highest BCUT2D eigenvalue weighted by Crippen LogP contribution is 2.24. The fraction of sp³-hybridized carbons (Fsp3) is 0.350. The molecule has 30 heavy (non-hydrogen) atoms. The van der Waals surface area contributed by atoms with E-state index in [4.69, 9.17) is 9.15 Å². The summed E-state index contributed by atoms with van der Waals surface area (Å²) in [4.78, 5) is 20.7. The molecule has 3 rings (SSSR count). The van der Waals surface area contributed by atoms with Crippen LogP contribution in [0.15, 0.2) is 46.0 Å². The highest BCUT2D eigenvalue weighted by atomic mass is 32.2. The van der Waals surface area contributed by atoms with Crippen molar-refractivity contribution in [3.05, 3.63) is 42.5 Å². The number of carbonyl (C=O) groups excluding carboxylic acids is 1. The Bertz CT molecular complexity index is 1120. The van der Waals surface area contributed by atoms with Crippen molar-refractivity contribution >= 4 is 15.8 Å². The zero-order valence-corrected chi connectivity index (χ0v) is 17.7. The fourth-order valence-electron chi connectivity index (χ4n) is 2.48. The summed E-state index contributed by atoms with van der Waals surface area (Å²) in [5.41, 5.74) is 1.45. The smallest absolute Gasteiger partial charge is 0.396 e. The summed E-state index contributed by atoms with van der Waals surface area (Å²) >= 11 is 0. The van der Waals surface area contributed by atoms with Crippen LogP contribution in [0.25, 0.3) is 22.8 Å². The molecule has 0 saturated heterocycles. The van der Waals surface area contributed by atoms with Crippen molar-refractivity contribution in [2.45, 2.75) is 43.8 Å². The molecule has 1 aromatic carbocycles. The Morgan fingerprint density at radius 1 is 1.10 bits per heavy atom. The molecule has 0 unspecified atom stereocenters. The zero-order valence-electron chi connectivity index (χ0n) is 16.9. The summed E-state index contributed by atoms with van der Waals surface area (Å²) < 4.78 is 34.9. The molecule has 0 spiro atoms. The summed E-state index contributed by atoms with van der Waals surface area (Å²) in [5.74, 6) is -0.907. The maximum Gasteiger partial charge on any atom is 0.396 e. The molecule has 10 heteroatoms. The van der Waals surface area contributed by atoms with Crippen LogP contribution in [0, 0.1) is 0 Å². The Kier molecular flexibility index (Phi) is 6.56. The molecule has 2 aromatic heterocycles. The number of hydrogen-bond donors (Lipinski definition) is 0. The Morgan fingerprint density at radius 3 is 2.47 bits per heavy atom. The first kappa shape index (κ1) is 21.6. The van der Waals surface area contributed by atoms with Gasteiger partial charge in [-0.2, -0.15) is 0 Å². The van der Waals surface area contributed by atoms with Crippen molar-refractivity contribution < 1.29 is 22.4 Å². The molecule has 3 aromatic rings. The molecule has 0 fully saturated rings. The number of sulfone groups is 1. The van der Waals surface area contributed by atoms with Gasteiger partial charge in [0.15, 0.2) is 9.84 Å². The third kappa shape index (κ3) is 4.70. The Morgan fingerprint density at radius 2 is 1.80 bits per heavy atom. The lowest BCUT2D eigenvalue weighted by molar-refractivity contribution is 0.0455. The molecule has 0 bridgehead atoms. The number of benzene rings is 1. The van der Waals surface area contributed by atoms with Crippen molar-refractivity contribution in [3.63, 3.8) is 0 Å². The lowest BCUT2D eigenvalue weighted by Gasteiger charge is -2.08. The molecule has 0 amide bonds. The second-order valence-corrected chi connectivity index (χ2v) is 9.31. The molecular formula is C20H22N4O5S. The van der Waals surface area contributed by atoms with Crippen LogP contribution < -0.4 is 0 Å². The molecule has 0 atom stereocenters. The first-order chi connectivity index (χ1) is 14.3. The molecule has 0 radical (unpaired) electrons. The lowest BCUT2D eigenvalue weighted by Crippen LogP contribution is -2.13. The predicted octanol–water partition coefficient (Wildman–Crippen LogP) is 3.33. The molecule has 0 aliphatic heterocycles. The highest BCUT2D eigenvalue weighted by Gasteiger charge is 2.20. The van der Waals surface area contributed by atoms with E-state index in [9.17, 15) is 13.2 Å². The van der Waals surface area contributed by atoms with Gasteiger partial charge in [0.05, 0.1) is 34.8 Å². The van der Waals surface area contributed by atoms with Crippen LogP contribution in [0.5, 0.6) is 0 Å². The van der Waals surface area contributed by atoms with Crippen LogP contribution in [-0.2, 0) is 14.6 Å². The van der Waals surface area contributed by atoms with E-state index in [1.165, 1.54) is 24.5 Å². The number of nitrogens with zero attached hydrogens (tertiary/aromatic N) is 4. The monoisotopic (exact) mass is 430 g/mol. The summed E-state index contributed by atoms with van der Waals surface area (Å²) in [5, 5.41) is 7.03. The van der Waals surface area contributed by atoms with Crippen molar-refractivity contribution in [3.8, 4) is 22.8 Å². The number of aromatic nitrogens is 4. The van der Waals surface area contributed by atoms with E-state index in [2.05, 4.69) is 20.2 Å². The average Bonchev–Trinajstić information content (AvgIpc) is 3.24. The maximum atomic E-state index is 12.3. The number of unbranched alkanes of at least 4 members (excludes halogenated alkanes) is 1. The number of esters is 1. The minimum Gasteiger partial charge on any atom is -0.459 e. The van der Waals surface area contributed by atoms with E-state index >= 15 is 0 Å². The minimum atomic E-state index is -3.35. The van der Waals surface area contributed by atoms with Gasteiger partial charge in [0, 0.05) is 5.56 Å². The number of rotatable bonds is 8. The summed E-state index contributed by atoms with van der Waals surface area (Å²) in [7, 11) is -3.35. The second kappa shape index (κ2) is 9.12. The molecular weight excluding hydrogens is 408 g/mol. The van der Waals surface area contributed by atoms with E-state index in [-0.39, 0.29) is 29.0 Å². The third-order valence-electron chi connectivity index (χ3n) is 4.28. The summed E-state index contributed by atoms with van der Waals surface area (Å²) in [6.07, 6.45) is 4.61. The summed E-state index contributed by atoms with van der Waals surface area (Å²) in [6, 6.07) is 6.40. The first-order valence-corrected chi connectivity index (χ1v) is 11.0. The van der Waals surface area contributed by atoms with Crippen LogP contribution in [0.1, 0.15) is 44.3 Å². The van der Waals surface area contributed by atoms with Crippen LogP contribution in [-0.4, -0.2) is 46.4 Å². The average molecular weight is 430 g/mol. The van der Waals surface area contributed by atoms with Gasteiger partial charge in [0.1, 0.15) is 5.69 Å². The van der Waals surface area contributed by atoms with Gasteiger partial charge in [-0.25, -0.2) is 18.2 Å². The first-order valence-electron chi connectivity index (χ1n) is 9.50. The van der Waals surface area contributed by atoms with Gasteiger partial charge in [-0.15, -0.1) is 10.2 Å². The molecule has 0 N–H and O–H groups in total. The van der Waals surface area contributed by atoms with Crippen molar-refractivity contribution in [1.29, 1.82) is 0 Å². The van der Waals surface area contributed by atoms with Crippen LogP contribution >= 0.6 is 0 Å². The standard InChI is InChI=1S/C20H22N4O5S/c1-4-5-10-28-20(25)19-24-23-18(29-19)17-12-21-11-16(22-17)14-6-8-15(9-7-14)30(26,27)13(2)3/h6-9,11-13H,4-5,10H2,1-3H3. The molecule has 9 nitrogen and oxygen atoms in total. The molecule has 158 valence electrons. The van der Waals surface area contributed by atoms with Crippen molar-refractivity contribution in [1.82, 2.24) is 20.2 Å². The van der Waals surface area contributed by atoms with Crippen LogP contribution in [0.4, 0.5) is 0 Å². The van der Waals surface area contributed by atoms with Gasteiger partial charge in [0.2, 0.25) is 0 Å². The van der Waals surface area contributed by atoms with Gasteiger partial charge in [-0.05, 0) is 32.4 Å². The predicted molar refractivity (Wildman–Crippen MR) is 108 cm³/mol. The second-order valence-electron chi connectivity index (χ2n) is 6.81. The van der Waals surface area contributed by atoms with Gasteiger partial charge < -0.3 is 9.15 Å². The Labute approximate surface area is 174 Å². The molecule has 0 aliphatic carbocycles. The lowest BCUT2D eigenvalue weighted by atomic mass is 10.1. The Balaban J connectivity index is 1.81. The van der Waals surface area contributed by atoms with E-state index in [0.29, 0.717) is 11.3 Å². The van der Waals surface area contributed by atoms with E-state index in [1.807, 2.05) is 6.92 Å². The molecule has 2 heterocycles. The minimum absolute atomic E-state index is 0.0331. The van der Waals surface area contributed by atoms with Gasteiger partial charge >= 0.3 is 11.9 Å². The van der Waals surface area contributed by atoms with Crippen LogP contribution in [0.3, 0.4) is 0 Å². The van der Waals surface area contributed by atoms with Crippen molar-refractivity contribution in [2.24, 2.45) is 0 Å². The number of carbonyl (C=O) groups is 1. The van der Waals surface area contributed by atoms with Gasteiger partial charge in [-0.1, -0.05) is 25.5 Å². The Hall–Kier alpha value is -3.14. The quantitative estimate of drug-likeness (QED) is 0.391. The third-order valence-corrected chi connectivity index (χ3v) is 6.45. The summed E-state index contributed by atoms with van der Waals surface area (Å²) in [6.45, 7) is 5.54. The largest absolute Gasteiger partial charge is 0.459 e. The molecule has 0 aliphatic rings. The fourth-order valence-corrected chi connectivity index (χ4v) is 3.54. The molecule has 0 saturated carbocycles. The van der Waals surface area contributed by atoms with E-state index in [1.54, 1.807) is 26.0 Å². The van der Waals surface area contributed by atoms with E-state index < -0.39 is 21.1 Å². The van der Waals surface area contributed by atoms with Gasteiger partial charge in [-0.3, -0.25) is 4.98 Å². The van der Waals surface area contributed by atoms with Crippen LogP contribution in [0.2, 0.25) is 0 Å². The number of ether oxygens (including phenoxy) is 1. The highest BCUT2D eigenvalue weighted by molar-refractivity contribution is 7.92. The normalized spacial score (nSPS) is 11.6. The SMILES string of the molecule is CCCCOC(=O)c1nnc(-c2cncc(-c3ccc(S(=O)(=O)C(C)C)cc3)n2)o1.